The number of benzene rings is 1. The van der Waals surface area contributed by atoms with E-state index in [9.17, 15) is 4.39 Å². The van der Waals surface area contributed by atoms with E-state index in [2.05, 4.69) is 32.8 Å². The van der Waals surface area contributed by atoms with Crippen LogP contribution in [0.15, 0.2) is 41.1 Å². The van der Waals surface area contributed by atoms with Gasteiger partial charge in [0.25, 0.3) is 0 Å². The molecule has 2 N–H and O–H groups in total. The summed E-state index contributed by atoms with van der Waals surface area (Å²) in [5.41, 5.74) is 7.80. The molecule has 90 valence electrons. The molecule has 2 rings (SSSR count). The first-order chi connectivity index (χ1) is 8.19. The minimum Gasteiger partial charge on any atom is -0.350 e. The van der Waals surface area contributed by atoms with Gasteiger partial charge in [0, 0.05) is 18.9 Å². The molecule has 2 nitrogen and oxygen atoms in total. The van der Waals surface area contributed by atoms with Crippen molar-refractivity contribution >= 4 is 15.9 Å². The van der Waals surface area contributed by atoms with Crippen molar-refractivity contribution < 1.29 is 4.39 Å². The number of halogens is 2. The zero-order chi connectivity index (χ0) is 12.3. The summed E-state index contributed by atoms with van der Waals surface area (Å²) in [4.78, 5) is 0. The zero-order valence-corrected chi connectivity index (χ0v) is 11.0. The molecule has 0 atom stereocenters. The van der Waals surface area contributed by atoms with Crippen LogP contribution in [0.5, 0.6) is 0 Å². The molecule has 0 saturated heterocycles. The summed E-state index contributed by atoms with van der Waals surface area (Å²) < 4.78 is 15.7. The molecule has 1 heterocycles. The van der Waals surface area contributed by atoms with Gasteiger partial charge in [-0.3, -0.25) is 0 Å². The Hall–Kier alpha value is -1.13. The van der Waals surface area contributed by atoms with Gasteiger partial charge in [0.15, 0.2) is 0 Å². The maximum atomic E-state index is 13.1. The van der Waals surface area contributed by atoms with E-state index < -0.39 is 0 Å². The maximum Gasteiger partial charge on any atom is 0.137 e. The van der Waals surface area contributed by atoms with Gasteiger partial charge < -0.3 is 10.3 Å². The molecule has 0 radical (unpaired) electrons. The van der Waals surface area contributed by atoms with E-state index in [0.717, 1.165) is 18.5 Å². The molecule has 17 heavy (non-hydrogen) atoms. The molecule has 0 amide bonds. The lowest BCUT2D eigenvalue weighted by molar-refractivity contribution is 0.619. The number of nitrogens with two attached hydrogens (primary N) is 1. The average Bonchev–Trinajstić information content (AvgIpc) is 2.72. The largest absolute Gasteiger partial charge is 0.350 e. The van der Waals surface area contributed by atoms with Gasteiger partial charge in [0.05, 0.1) is 4.47 Å². The van der Waals surface area contributed by atoms with Crippen LogP contribution in [0.2, 0.25) is 0 Å². The van der Waals surface area contributed by atoms with Crippen LogP contribution in [-0.2, 0) is 13.0 Å². The monoisotopic (exact) mass is 296 g/mol. The molecule has 0 bridgehead atoms. The van der Waals surface area contributed by atoms with E-state index in [1.165, 1.54) is 11.6 Å². The fraction of sp³-hybridized carbons (Fsp3) is 0.231. The van der Waals surface area contributed by atoms with E-state index in [1.54, 1.807) is 12.1 Å². The van der Waals surface area contributed by atoms with Crippen molar-refractivity contribution in [3.63, 3.8) is 0 Å². The van der Waals surface area contributed by atoms with E-state index in [4.69, 9.17) is 5.73 Å². The Bertz CT molecular complexity index is 508. The molecule has 1 aromatic heterocycles. The second-order valence-corrected chi connectivity index (χ2v) is 4.83. The van der Waals surface area contributed by atoms with Crippen molar-refractivity contribution in [2.45, 2.75) is 13.0 Å². The molecule has 2 aromatic rings. The van der Waals surface area contributed by atoms with Crippen molar-refractivity contribution in [2.24, 2.45) is 5.73 Å². The summed E-state index contributed by atoms with van der Waals surface area (Å²) in [7, 11) is 0. The highest BCUT2D eigenvalue weighted by Gasteiger charge is 2.02. The highest BCUT2D eigenvalue weighted by atomic mass is 79.9. The summed E-state index contributed by atoms with van der Waals surface area (Å²) in [6, 6.07) is 7.13. The normalized spacial score (nSPS) is 10.8. The third kappa shape index (κ3) is 3.17. The Morgan fingerprint density at radius 2 is 2.06 bits per heavy atom. The SMILES string of the molecule is NCCc1ccn(Cc2ccc(F)c(Br)c2)c1. The van der Waals surface area contributed by atoms with Gasteiger partial charge >= 0.3 is 0 Å². The van der Waals surface area contributed by atoms with Gasteiger partial charge in [-0.2, -0.15) is 0 Å². The first-order valence-corrected chi connectivity index (χ1v) is 6.27. The molecule has 0 aliphatic carbocycles. The van der Waals surface area contributed by atoms with Gasteiger partial charge in [-0.1, -0.05) is 6.07 Å². The van der Waals surface area contributed by atoms with E-state index in [-0.39, 0.29) is 5.82 Å². The second-order valence-electron chi connectivity index (χ2n) is 3.98. The molecular weight excluding hydrogens is 283 g/mol. The summed E-state index contributed by atoms with van der Waals surface area (Å²) in [6.07, 6.45) is 4.98. The molecule has 0 spiro atoms. The Balaban J connectivity index is 2.11. The lowest BCUT2D eigenvalue weighted by Crippen LogP contribution is -2.02. The van der Waals surface area contributed by atoms with Gasteiger partial charge in [-0.15, -0.1) is 0 Å². The Kier molecular flexibility index (Phi) is 3.97. The lowest BCUT2D eigenvalue weighted by Gasteiger charge is -2.04. The first kappa shape index (κ1) is 12.3. The van der Waals surface area contributed by atoms with Crippen molar-refractivity contribution in [1.82, 2.24) is 4.57 Å². The predicted octanol–water partition coefficient (Wildman–Crippen LogP) is 2.94. The molecule has 0 fully saturated rings. The van der Waals surface area contributed by atoms with Crippen LogP contribution in [0.1, 0.15) is 11.1 Å². The molecule has 1 aromatic carbocycles. The number of rotatable bonds is 4. The van der Waals surface area contributed by atoms with Gasteiger partial charge in [0.2, 0.25) is 0 Å². The predicted molar refractivity (Wildman–Crippen MR) is 70.4 cm³/mol. The van der Waals surface area contributed by atoms with Gasteiger partial charge in [-0.05, 0) is 58.2 Å². The minimum atomic E-state index is -0.231. The standard InChI is InChI=1S/C13H14BrFN2/c14-12-7-11(1-2-13(12)15)9-17-6-4-10(8-17)3-5-16/h1-2,4,6-8H,3,5,9,16H2. The van der Waals surface area contributed by atoms with Crippen molar-refractivity contribution in [1.29, 1.82) is 0 Å². The molecular formula is C13H14BrFN2. The van der Waals surface area contributed by atoms with Crippen LogP contribution in [-0.4, -0.2) is 11.1 Å². The Labute approximate surface area is 108 Å². The van der Waals surface area contributed by atoms with Crippen LogP contribution in [0.3, 0.4) is 0 Å². The molecule has 0 aliphatic heterocycles. The molecule has 4 heteroatoms. The number of aromatic nitrogens is 1. The summed E-state index contributed by atoms with van der Waals surface area (Å²) in [6.45, 7) is 1.40. The smallest absolute Gasteiger partial charge is 0.137 e. The highest BCUT2D eigenvalue weighted by Crippen LogP contribution is 2.17. The van der Waals surface area contributed by atoms with Crippen LogP contribution in [0.25, 0.3) is 0 Å². The quantitative estimate of drug-likeness (QED) is 0.924. The highest BCUT2D eigenvalue weighted by molar-refractivity contribution is 9.10. The van der Waals surface area contributed by atoms with Crippen molar-refractivity contribution in [2.75, 3.05) is 6.54 Å². The van der Waals surface area contributed by atoms with E-state index in [1.807, 2.05) is 6.20 Å². The van der Waals surface area contributed by atoms with Crippen LogP contribution < -0.4 is 5.73 Å². The second kappa shape index (κ2) is 5.47. The van der Waals surface area contributed by atoms with Gasteiger partial charge in [-0.25, -0.2) is 4.39 Å². The lowest BCUT2D eigenvalue weighted by atomic mass is 10.2. The summed E-state index contributed by atoms with van der Waals surface area (Å²) in [5, 5.41) is 0. The topological polar surface area (TPSA) is 30.9 Å². The third-order valence-electron chi connectivity index (χ3n) is 2.59. The molecule has 0 saturated carbocycles. The number of hydrogen-bond donors (Lipinski definition) is 1. The van der Waals surface area contributed by atoms with Crippen molar-refractivity contribution in [3.05, 3.63) is 58.1 Å². The van der Waals surface area contributed by atoms with Crippen LogP contribution in [0.4, 0.5) is 4.39 Å². The summed E-state index contributed by atoms with van der Waals surface area (Å²) >= 11 is 3.19. The zero-order valence-electron chi connectivity index (χ0n) is 9.37. The number of nitrogens with zero attached hydrogens (tertiary/aromatic N) is 1. The van der Waals surface area contributed by atoms with E-state index >= 15 is 0 Å². The number of hydrogen-bond acceptors (Lipinski definition) is 1. The molecule has 0 aliphatic rings. The summed E-state index contributed by atoms with van der Waals surface area (Å²) in [5.74, 6) is -0.231. The van der Waals surface area contributed by atoms with Crippen LogP contribution >= 0.6 is 15.9 Å². The van der Waals surface area contributed by atoms with Crippen LogP contribution in [0, 0.1) is 5.82 Å². The fourth-order valence-electron chi connectivity index (χ4n) is 1.75. The van der Waals surface area contributed by atoms with Crippen molar-refractivity contribution in [3.8, 4) is 0 Å². The average molecular weight is 297 g/mol. The molecule has 0 unspecified atom stereocenters. The first-order valence-electron chi connectivity index (χ1n) is 5.47. The Morgan fingerprint density at radius 1 is 1.24 bits per heavy atom. The maximum absolute atomic E-state index is 13.1. The Morgan fingerprint density at radius 3 is 2.76 bits per heavy atom. The van der Waals surface area contributed by atoms with E-state index in [0.29, 0.717) is 11.0 Å². The van der Waals surface area contributed by atoms with Gasteiger partial charge in [0.1, 0.15) is 5.82 Å². The third-order valence-corrected chi connectivity index (χ3v) is 3.20. The minimum absolute atomic E-state index is 0.231. The fourth-order valence-corrected chi connectivity index (χ4v) is 2.18.